The van der Waals surface area contributed by atoms with Crippen molar-refractivity contribution in [1.82, 2.24) is 14.5 Å². The summed E-state index contributed by atoms with van der Waals surface area (Å²) >= 11 is 0. The van der Waals surface area contributed by atoms with Crippen LogP contribution >= 0.6 is 0 Å². The Balaban J connectivity index is 0.00000514. The first-order valence-electron chi connectivity index (χ1n) is 18.7. The van der Waals surface area contributed by atoms with Crippen molar-refractivity contribution < 1.29 is 30.6 Å². The van der Waals surface area contributed by atoms with Crippen LogP contribution in [-0.2, 0) is 37.3 Å². The zero-order chi connectivity index (χ0) is 38.7. The number of hydrogen-bond donors (Lipinski definition) is 1. The molecule has 0 saturated heterocycles. The van der Waals surface area contributed by atoms with E-state index in [1.54, 1.807) is 0 Å². The molecular weight excluding hydrogens is 861 g/mol. The molecule has 0 aliphatic carbocycles. The molecule has 0 fully saturated rings. The van der Waals surface area contributed by atoms with Crippen LogP contribution in [0.4, 0.5) is 4.39 Å². The van der Waals surface area contributed by atoms with Gasteiger partial charge in [0, 0.05) is 38.6 Å². The van der Waals surface area contributed by atoms with Crippen molar-refractivity contribution in [1.29, 1.82) is 0 Å². The summed E-state index contributed by atoms with van der Waals surface area (Å²) in [4.78, 5) is 10.1. The second-order valence-corrected chi connectivity index (χ2v) is 17.6. The van der Waals surface area contributed by atoms with Crippen LogP contribution in [0.3, 0.4) is 0 Å². The Hall–Kier alpha value is -4.86. The molecule has 0 radical (unpaired) electrons. The number of fused-ring (bicyclic) bond motifs is 1. The van der Waals surface area contributed by atoms with Crippen molar-refractivity contribution >= 4 is 11.0 Å². The molecule has 7 aromatic rings. The summed E-state index contributed by atoms with van der Waals surface area (Å²) in [5.74, 6) is -0.0301. The molecule has 2 heterocycles. The smallest absolute Gasteiger partial charge is 0.148 e. The number of para-hydroxylation sites is 1. The van der Waals surface area contributed by atoms with Gasteiger partial charge in [0.2, 0.25) is 0 Å². The summed E-state index contributed by atoms with van der Waals surface area (Å²) in [5, 5.41) is 11.2. The van der Waals surface area contributed by atoms with E-state index in [4.69, 9.17) is 9.97 Å². The Morgan fingerprint density at radius 2 is 1.25 bits per heavy atom. The molecule has 0 atom stereocenters. The average Bonchev–Trinajstić information content (AvgIpc) is 3.51. The number of rotatable bonds is 5. The largest absolute Gasteiger partial charge is 0.507 e. The van der Waals surface area contributed by atoms with Crippen LogP contribution in [0.2, 0.25) is 0 Å². The summed E-state index contributed by atoms with van der Waals surface area (Å²) in [6, 6.07) is 37.6. The number of nitrogens with zero attached hydrogens (tertiary/aromatic N) is 3. The topological polar surface area (TPSA) is 50.9 Å². The van der Waals surface area contributed by atoms with Gasteiger partial charge in [0.25, 0.3) is 0 Å². The van der Waals surface area contributed by atoms with Crippen molar-refractivity contribution in [3.05, 3.63) is 143 Å². The molecule has 0 amide bonds. The normalized spacial score (nSPS) is 12.2. The van der Waals surface area contributed by atoms with Gasteiger partial charge >= 0.3 is 0 Å². The third-order valence-electron chi connectivity index (χ3n) is 10.2. The van der Waals surface area contributed by atoms with Crippen LogP contribution < -0.4 is 0 Å². The van der Waals surface area contributed by atoms with Gasteiger partial charge in [0.15, 0.2) is 0 Å². The van der Waals surface area contributed by atoms with Crippen molar-refractivity contribution in [2.24, 2.45) is 0 Å². The van der Waals surface area contributed by atoms with Crippen LogP contribution in [0.25, 0.3) is 61.6 Å². The first kappa shape index (κ1) is 39.8. The Bertz CT molecular complexity index is 2510. The third kappa shape index (κ3) is 8.10. The Morgan fingerprint density at radius 3 is 1.91 bits per heavy atom. The van der Waals surface area contributed by atoms with Gasteiger partial charge in [-0.05, 0) is 87.9 Å². The number of phenolic OH excluding ortho intramolecular Hbond substituents is 1. The van der Waals surface area contributed by atoms with E-state index >= 15 is 0 Å². The predicted molar refractivity (Wildman–Crippen MR) is 222 cm³/mol. The standard InChI is InChI=1S/C49H49FN3O.Pt/c1-30-13-11-14-31(21-30)32-19-20-51-42(25-32)34-22-33(23-35(24-34)47(2,3)4)40-15-12-16-43-45(40)52-46(41-29-38(50)17-18-44(41)54)53(43)39-27-36(48(5,6)7)26-37(28-39)49(8,9)10;/h11-21,23-29,54H,1-10H3;/q-1;. The average molecular weight is 910 g/mol. The number of phenols is 1. The van der Waals surface area contributed by atoms with E-state index in [-0.39, 0.29) is 43.1 Å². The fraction of sp³-hybridized carbons (Fsp3) is 0.265. The number of aromatic nitrogens is 3. The fourth-order valence-electron chi connectivity index (χ4n) is 6.92. The van der Waals surface area contributed by atoms with E-state index in [2.05, 4.69) is 147 Å². The maximum Gasteiger partial charge on any atom is 0.148 e. The van der Waals surface area contributed by atoms with Gasteiger partial charge in [-0.2, -0.15) is 0 Å². The maximum absolute atomic E-state index is 15.0. The van der Waals surface area contributed by atoms with Crippen LogP contribution in [0.15, 0.2) is 109 Å². The minimum atomic E-state index is -0.448. The van der Waals surface area contributed by atoms with Crippen LogP contribution in [-0.4, -0.2) is 19.6 Å². The third-order valence-corrected chi connectivity index (χ3v) is 10.2. The SMILES string of the molecule is Cc1cccc(-c2ccnc(-c3[c-]c(-c4cccc5c4nc(-c4cc(F)ccc4O)n5-c4cc(C(C)(C)C)cc(C(C)(C)C)c4)cc(C(C)(C)C)c3)c2)c1.[Pt]. The Kier molecular flexibility index (Phi) is 10.6. The molecule has 0 unspecified atom stereocenters. The second-order valence-electron chi connectivity index (χ2n) is 17.6. The van der Waals surface area contributed by atoms with E-state index in [0.717, 1.165) is 55.8 Å². The van der Waals surface area contributed by atoms with Gasteiger partial charge in [-0.3, -0.25) is 9.55 Å². The fourth-order valence-corrected chi connectivity index (χ4v) is 6.92. The molecule has 4 nitrogen and oxygen atoms in total. The van der Waals surface area contributed by atoms with Gasteiger partial charge in [0.05, 0.1) is 16.6 Å². The predicted octanol–water partition coefficient (Wildman–Crippen LogP) is 12.9. The Morgan fingerprint density at radius 1 is 0.636 bits per heavy atom. The van der Waals surface area contributed by atoms with Crippen molar-refractivity contribution in [2.75, 3.05) is 0 Å². The molecule has 0 saturated carbocycles. The van der Waals surface area contributed by atoms with E-state index in [1.165, 1.54) is 34.9 Å². The summed E-state index contributed by atoms with van der Waals surface area (Å²) in [6.07, 6.45) is 1.86. The zero-order valence-electron chi connectivity index (χ0n) is 33.4. The van der Waals surface area contributed by atoms with Gasteiger partial charge in [-0.1, -0.05) is 128 Å². The monoisotopic (exact) mass is 909 g/mol. The number of halogens is 1. The van der Waals surface area contributed by atoms with E-state index in [9.17, 15) is 9.50 Å². The van der Waals surface area contributed by atoms with Gasteiger partial charge < -0.3 is 5.11 Å². The van der Waals surface area contributed by atoms with E-state index < -0.39 is 5.82 Å². The van der Waals surface area contributed by atoms with Crippen molar-refractivity contribution in [3.63, 3.8) is 0 Å². The zero-order valence-corrected chi connectivity index (χ0v) is 35.6. The molecule has 284 valence electrons. The molecule has 55 heavy (non-hydrogen) atoms. The van der Waals surface area contributed by atoms with Crippen LogP contribution in [0.5, 0.6) is 5.75 Å². The summed E-state index contributed by atoms with van der Waals surface area (Å²) in [5.41, 5.74) is 12.7. The van der Waals surface area contributed by atoms with Crippen molar-refractivity contribution in [2.45, 2.75) is 85.5 Å². The molecular formula is C49H49FN3OPt-. The minimum absolute atomic E-state index is 0. The number of imidazole rings is 1. The summed E-state index contributed by atoms with van der Waals surface area (Å²) in [7, 11) is 0. The summed E-state index contributed by atoms with van der Waals surface area (Å²) < 4.78 is 17.0. The molecule has 6 heteroatoms. The number of benzene rings is 5. The van der Waals surface area contributed by atoms with Gasteiger partial charge in [0.1, 0.15) is 17.4 Å². The van der Waals surface area contributed by atoms with Crippen LogP contribution in [0, 0.1) is 18.8 Å². The molecule has 2 aromatic heterocycles. The molecule has 7 rings (SSSR count). The molecule has 0 aliphatic rings. The second kappa shape index (κ2) is 14.7. The first-order valence-corrected chi connectivity index (χ1v) is 18.7. The maximum atomic E-state index is 15.0. The molecule has 0 aliphatic heterocycles. The Labute approximate surface area is 339 Å². The molecule has 0 spiro atoms. The quantitative estimate of drug-likeness (QED) is 0.175. The minimum Gasteiger partial charge on any atom is -0.507 e. The molecule has 1 N–H and O–H groups in total. The number of pyridine rings is 1. The van der Waals surface area contributed by atoms with Crippen LogP contribution in [0.1, 0.15) is 84.6 Å². The van der Waals surface area contributed by atoms with Gasteiger partial charge in [-0.25, -0.2) is 9.37 Å². The van der Waals surface area contributed by atoms with E-state index in [0.29, 0.717) is 11.4 Å². The molecule has 5 aromatic carbocycles. The van der Waals surface area contributed by atoms with Gasteiger partial charge in [-0.15, -0.1) is 29.3 Å². The van der Waals surface area contributed by atoms with Crippen molar-refractivity contribution in [3.8, 4) is 56.3 Å². The summed E-state index contributed by atoms with van der Waals surface area (Å²) in [6.45, 7) is 22.0. The number of hydrogen-bond acceptors (Lipinski definition) is 3. The number of aryl methyl sites for hydroxylation is 1. The first-order chi connectivity index (χ1) is 25.4. The van der Waals surface area contributed by atoms with E-state index in [1.807, 2.05) is 24.4 Å². The molecule has 0 bridgehead atoms. The number of aromatic hydroxyl groups is 1.